The molecule has 1 rings (SSSR count). The zero-order valence-electron chi connectivity index (χ0n) is 6.58. The average Bonchev–Trinajstić information content (AvgIpc) is 1.99. The minimum absolute atomic E-state index is 0.0355. The molecular formula is C8H11NO3. The summed E-state index contributed by atoms with van der Waals surface area (Å²) >= 11 is 0. The fraction of sp³-hybridized carbons (Fsp3) is 0.375. The fourth-order valence-electron chi connectivity index (χ4n) is 0.989. The first-order valence-electron chi connectivity index (χ1n) is 3.75. The number of rotatable bonds is 3. The second kappa shape index (κ2) is 3.92. The molecule has 12 heavy (non-hydrogen) atoms. The van der Waals surface area contributed by atoms with E-state index in [2.05, 4.69) is 4.98 Å². The Bertz CT molecular complexity index is 305. The number of aryl methyl sites for hydroxylation is 1. The van der Waals surface area contributed by atoms with E-state index in [1.165, 1.54) is 6.07 Å². The number of pyridine rings is 1. The summed E-state index contributed by atoms with van der Waals surface area (Å²) in [5, 5.41) is 17.5. The van der Waals surface area contributed by atoms with Gasteiger partial charge in [0.25, 0.3) is 5.56 Å². The molecule has 1 aromatic heterocycles. The van der Waals surface area contributed by atoms with Crippen LogP contribution < -0.4 is 5.56 Å². The van der Waals surface area contributed by atoms with Gasteiger partial charge in [0.15, 0.2) is 0 Å². The Morgan fingerprint density at radius 1 is 1.42 bits per heavy atom. The average molecular weight is 169 g/mol. The van der Waals surface area contributed by atoms with Gasteiger partial charge in [0.1, 0.15) is 5.75 Å². The Morgan fingerprint density at radius 3 is 2.75 bits per heavy atom. The number of H-pyrrole nitrogens is 1. The number of aromatic amines is 1. The summed E-state index contributed by atoms with van der Waals surface area (Å²) in [6, 6.07) is 2.60. The number of aliphatic hydroxyl groups excluding tert-OH is 1. The van der Waals surface area contributed by atoms with Crippen molar-refractivity contribution in [1.29, 1.82) is 0 Å². The maximum atomic E-state index is 10.8. The van der Waals surface area contributed by atoms with Crippen LogP contribution in [0, 0.1) is 0 Å². The standard InChI is InChI=1S/C8H11NO3/c10-3-1-2-6-4-7(11)5-8(12)9-6/h4-5,10H,1-3H2,(H2,9,11,12). The molecule has 4 heteroatoms. The first-order valence-corrected chi connectivity index (χ1v) is 3.75. The maximum Gasteiger partial charge on any atom is 0.251 e. The molecule has 66 valence electrons. The molecule has 0 atom stereocenters. The van der Waals surface area contributed by atoms with Crippen LogP contribution >= 0.6 is 0 Å². The molecule has 0 saturated heterocycles. The summed E-state index contributed by atoms with van der Waals surface area (Å²) in [6.07, 6.45) is 1.15. The summed E-state index contributed by atoms with van der Waals surface area (Å²) in [5.74, 6) is -0.0355. The SMILES string of the molecule is O=c1cc(O)cc(CCCO)[nH]1. The van der Waals surface area contributed by atoms with Crippen LogP contribution in [-0.2, 0) is 6.42 Å². The van der Waals surface area contributed by atoms with Gasteiger partial charge in [-0.05, 0) is 18.9 Å². The molecule has 0 radical (unpaired) electrons. The van der Waals surface area contributed by atoms with Crippen molar-refractivity contribution in [3.05, 3.63) is 28.2 Å². The summed E-state index contributed by atoms with van der Waals surface area (Å²) < 4.78 is 0. The predicted molar refractivity (Wildman–Crippen MR) is 44.1 cm³/mol. The third-order valence-corrected chi connectivity index (χ3v) is 1.49. The third kappa shape index (κ3) is 2.39. The summed E-state index contributed by atoms with van der Waals surface area (Å²) in [5.41, 5.74) is 0.331. The number of aromatic nitrogens is 1. The number of hydrogen-bond donors (Lipinski definition) is 3. The van der Waals surface area contributed by atoms with E-state index in [9.17, 15) is 4.79 Å². The molecule has 0 aliphatic carbocycles. The molecule has 1 heterocycles. The molecule has 0 amide bonds. The molecule has 0 aliphatic heterocycles. The lowest BCUT2D eigenvalue weighted by Crippen LogP contribution is -2.07. The van der Waals surface area contributed by atoms with Gasteiger partial charge in [-0.15, -0.1) is 0 Å². The highest BCUT2D eigenvalue weighted by Gasteiger charge is 1.96. The van der Waals surface area contributed by atoms with Crippen molar-refractivity contribution in [1.82, 2.24) is 4.98 Å². The highest BCUT2D eigenvalue weighted by Crippen LogP contribution is 2.06. The van der Waals surface area contributed by atoms with Gasteiger partial charge in [0.2, 0.25) is 0 Å². The van der Waals surface area contributed by atoms with Gasteiger partial charge in [-0.25, -0.2) is 0 Å². The molecule has 0 fully saturated rings. The van der Waals surface area contributed by atoms with Gasteiger partial charge < -0.3 is 15.2 Å². The fourth-order valence-corrected chi connectivity index (χ4v) is 0.989. The molecule has 0 aromatic carbocycles. The lowest BCUT2D eigenvalue weighted by molar-refractivity contribution is 0.288. The van der Waals surface area contributed by atoms with Crippen LogP contribution in [0.25, 0.3) is 0 Å². The highest BCUT2D eigenvalue weighted by molar-refractivity contribution is 5.20. The van der Waals surface area contributed by atoms with Gasteiger partial charge in [0, 0.05) is 18.4 Å². The first-order chi connectivity index (χ1) is 5.72. The molecule has 1 aromatic rings. The maximum absolute atomic E-state index is 10.8. The summed E-state index contributed by atoms with van der Waals surface area (Å²) in [4.78, 5) is 13.4. The van der Waals surface area contributed by atoms with E-state index < -0.39 is 0 Å². The van der Waals surface area contributed by atoms with Crippen LogP contribution in [0.15, 0.2) is 16.9 Å². The van der Waals surface area contributed by atoms with Gasteiger partial charge in [-0.2, -0.15) is 0 Å². The molecule has 0 bridgehead atoms. The van der Waals surface area contributed by atoms with Gasteiger partial charge in [-0.3, -0.25) is 4.79 Å². The highest BCUT2D eigenvalue weighted by atomic mass is 16.3. The Morgan fingerprint density at radius 2 is 2.17 bits per heavy atom. The molecule has 0 unspecified atom stereocenters. The van der Waals surface area contributed by atoms with Crippen molar-refractivity contribution in [3.63, 3.8) is 0 Å². The molecule has 0 saturated carbocycles. The normalized spacial score (nSPS) is 10.1. The van der Waals surface area contributed by atoms with Crippen LogP contribution in [0.2, 0.25) is 0 Å². The van der Waals surface area contributed by atoms with Gasteiger partial charge in [-0.1, -0.05) is 0 Å². The second-order valence-corrected chi connectivity index (χ2v) is 2.56. The minimum atomic E-state index is -0.317. The molecule has 0 spiro atoms. The Balaban J connectivity index is 2.79. The van der Waals surface area contributed by atoms with Crippen LogP contribution in [0.5, 0.6) is 5.75 Å². The minimum Gasteiger partial charge on any atom is -0.508 e. The second-order valence-electron chi connectivity index (χ2n) is 2.56. The van der Waals surface area contributed by atoms with E-state index in [0.717, 1.165) is 6.07 Å². The Kier molecular flexibility index (Phi) is 2.88. The molecule has 4 nitrogen and oxygen atoms in total. The zero-order chi connectivity index (χ0) is 8.97. The van der Waals surface area contributed by atoms with E-state index in [0.29, 0.717) is 18.5 Å². The molecular weight excluding hydrogens is 158 g/mol. The lowest BCUT2D eigenvalue weighted by atomic mass is 10.2. The van der Waals surface area contributed by atoms with Crippen molar-refractivity contribution in [2.45, 2.75) is 12.8 Å². The van der Waals surface area contributed by atoms with Crippen LogP contribution in [0.3, 0.4) is 0 Å². The van der Waals surface area contributed by atoms with Crippen molar-refractivity contribution >= 4 is 0 Å². The van der Waals surface area contributed by atoms with Crippen molar-refractivity contribution in [3.8, 4) is 5.75 Å². The topological polar surface area (TPSA) is 73.3 Å². The van der Waals surface area contributed by atoms with Gasteiger partial charge >= 0.3 is 0 Å². The molecule has 0 aliphatic rings. The summed E-state index contributed by atoms with van der Waals surface area (Å²) in [7, 11) is 0. The lowest BCUT2D eigenvalue weighted by Gasteiger charge is -1.99. The number of hydrogen-bond acceptors (Lipinski definition) is 3. The van der Waals surface area contributed by atoms with E-state index in [-0.39, 0.29) is 17.9 Å². The number of aromatic hydroxyl groups is 1. The number of aliphatic hydroxyl groups is 1. The zero-order valence-corrected chi connectivity index (χ0v) is 6.58. The quantitative estimate of drug-likeness (QED) is 0.596. The van der Waals surface area contributed by atoms with Crippen molar-refractivity contribution in [2.75, 3.05) is 6.61 Å². The van der Waals surface area contributed by atoms with E-state index in [4.69, 9.17) is 10.2 Å². The Hall–Kier alpha value is -1.29. The van der Waals surface area contributed by atoms with E-state index in [1.54, 1.807) is 0 Å². The smallest absolute Gasteiger partial charge is 0.251 e. The summed E-state index contributed by atoms with van der Waals surface area (Å²) in [6.45, 7) is 0.0810. The monoisotopic (exact) mass is 169 g/mol. The predicted octanol–water partition coefficient (Wildman–Crippen LogP) is 0.00540. The Labute approximate surface area is 69.5 Å². The van der Waals surface area contributed by atoms with Crippen LogP contribution in [0.1, 0.15) is 12.1 Å². The third-order valence-electron chi connectivity index (χ3n) is 1.49. The number of nitrogens with one attached hydrogen (secondary N) is 1. The van der Waals surface area contributed by atoms with Crippen molar-refractivity contribution < 1.29 is 10.2 Å². The largest absolute Gasteiger partial charge is 0.508 e. The molecule has 3 N–H and O–H groups in total. The van der Waals surface area contributed by atoms with Gasteiger partial charge in [0.05, 0.1) is 0 Å². The van der Waals surface area contributed by atoms with E-state index in [1.807, 2.05) is 0 Å². The van der Waals surface area contributed by atoms with Crippen molar-refractivity contribution in [2.24, 2.45) is 0 Å². The van der Waals surface area contributed by atoms with Crippen LogP contribution in [0.4, 0.5) is 0 Å². The van der Waals surface area contributed by atoms with E-state index >= 15 is 0 Å². The first kappa shape index (κ1) is 8.80. The van der Waals surface area contributed by atoms with Crippen LogP contribution in [-0.4, -0.2) is 21.8 Å².